The maximum atomic E-state index is 13.0. The highest BCUT2D eigenvalue weighted by molar-refractivity contribution is 7.89. The van der Waals surface area contributed by atoms with Crippen molar-refractivity contribution in [3.63, 3.8) is 0 Å². The van der Waals surface area contributed by atoms with Gasteiger partial charge in [-0.05, 0) is 18.1 Å². The van der Waals surface area contributed by atoms with Crippen molar-refractivity contribution in [2.24, 2.45) is 5.92 Å². The largest absolute Gasteiger partial charge is 0.339 e. The normalized spacial score (nSPS) is 18.9. The summed E-state index contributed by atoms with van der Waals surface area (Å²) in [6.45, 7) is 4.62. The number of rotatable bonds is 7. The number of amides is 1. The first-order valence-corrected chi connectivity index (χ1v) is 12.2. The highest BCUT2D eigenvalue weighted by Crippen LogP contribution is 2.17. The summed E-state index contributed by atoms with van der Waals surface area (Å²) in [6.07, 6.45) is 1.76. The minimum Gasteiger partial charge on any atom is -0.339 e. The Morgan fingerprint density at radius 2 is 1.63 bits per heavy atom. The molecule has 2 rings (SSSR count). The monoisotopic (exact) mass is 417 g/mol. The Morgan fingerprint density at radius 3 is 2.11 bits per heavy atom. The van der Waals surface area contributed by atoms with E-state index in [1.54, 1.807) is 18.2 Å². The van der Waals surface area contributed by atoms with Gasteiger partial charge < -0.3 is 4.90 Å². The average Bonchev–Trinajstić information content (AvgIpc) is 2.65. The summed E-state index contributed by atoms with van der Waals surface area (Å²) in [4.78, 5) is 14.6. The van der Waals surface area contributed by atoms with Gasteiger partial charge in [0.25, 0.3) is 0 Å². The Hall–Kier alpha value is -1.49. The molecule has 1 aromatic carbocycles. The number of nitrogens with one attached hydrogen (secondary N) is 1. The molecule has 1 aliphatic heterocycles. The van der Waals surface area contributed by atoms with Crippen molar-refractivity contribution in [2.45, 2.75) is 31.2 Å². The fraction of sp³-hybridized carbons (Fsp3) is 0.588. The van der Waals surface area contributed by atoms with Crippen LogP contribution in [0.1, 0.15) is 20.3 Å². The van der Waals surface area contributed by atoms with Crippen LogP contribution in [-0.2, 0) is 24.8 Å². The molecular formula is C17H27N3O5S2. The average molecular weight is 418 g/mol. The second kappa shape index (κ2) is 8.68. The Balaban J connectivity index is 2.16. The van der Waals surface area contributed by atoms with Gasteiger partial charge in [-0.1, -0.05) is 38.5 Å². The molecular weight excluding hydrogens is 390 g/mol. The smallest absolute Gasteiger partial charge is 0.241 e. The summed E-state index contributed by atoms with van der Waals surface area (Å²) >= 11 is 0. The van der Waals surface area contributed by atoms with Gasteiger partial charge in [-0.25, -0.2) is 16.8 Å². The van der Waals surface area contributed by atoms with Gasteiger partial charge in [0, 0.05) is 26.2 Å². The predicted octanol–water partition coefficient (Wildman–Crippen LogP) is 0.483. The molecule has 0 bridgehead atoms. The molecule has 1 amide bonds. The number of carbonyl (C=O) groups excluding carboxylic acids is 1. The molecule has 2 atom stereocenters. The van der Waals surface area contributed by atoms with E-state index < -0.39 is 26.1 Å². The topological polar surface area (TPSA) is 104 Å². The highest BCUT2D eigenvalue weighted by Gasteiger charge is 2.35. The van der Waals surface area contributed by atoms with E-state index in [-0.39, 0.29) is 42.9 Å². The van der Waals surface area contributed by atoms with Gasteiger partial charge in [-0.15, -0.1) is 0 Å². The third kappa shape index (κ3) is 5.50. The van der Waals surface area contributed by atoms with Crippen molar-refractivity contribution in [1.82, 2.24) is 13.9 Å². The molecule has 0 spiro atoms. The van der Waals surface area contributed by atoms with E-state index in [0.717, 1.165) is 6.26 Å². The van der Waals surface area contributed by atoms with Gasteiger partial charge in [0.2, 0.25) is 26.0 Å². The molecule has 152 valence electrons. The van der Waals surface area contributed by atoms with Crippen molar-refractivity contribution in [3.05, 3.63) is 30.3 Å². The lowest BCUT2D eigenvalue weighted by atomic mass is 9.98. The quantitative estimate of drug-likeness (QED) is 0.695. The van der Waals surface area contributed by atoms with Crippen LogP contribution in [0.15, 0.2) is 35.2 Å². The van der Waals surface area contributed by atoms with E-state index >= 15 is 0 Å². The highest BCUT2D eigenvalue weighted by atomic mass is 32.2. The minimum atomic E-state index is -3.84. The van der Waals surface area contributed by atoms with Crippen LogP contribution in [0.2, 0.25) is 0 Å². The lowest BCUT2D eigenvalue weighted by Gasteiger charge is -2.36. The van der Waals surface area contributed by atoms with Gasteiger partial charge in [-0.3, -0.25) is 4.79 Å². The maximum Gasteiger partial charge on any atom is 0.241 e. The van der Waals surface area contributed by atoms with Crippen molar-refractivity contribution in [3.8, 4) is 0 Å². The summed E-state index contributed by atoms with van der Waals surface area (Å²) in [7, 11) is -7.13. The molecule has 1 unspecified atom stereocenters. The Bertz CT molecular complexity index is 848. The fourth-order valence-corrected chi connectivity index (χ4v) is 5.06. The number of piperazine rings is 1. The minimum absolute atomic E-state index is 0.105. The Kier molecular flexibility index (Phi) is 7.01. The zero-order chi connectivity index (χ0) is 20.2. The van der Waals surface area contributed by atoms with E-state index in [2.05, 4.69) is 4.72 Å². The number of nitrogens with zero attached hydrogens (tertiary/aromatic N) is 2. The molecule has 0 aromatic heterocycles. The number of hydrogen-bond donors (Lipinski definition) is 1. The number of hydrogen-bond acceptors (Lipinski definition) is 5. The van der Waals surface area contributed by atoms with E-state index in [1.165, 1.54) is 21.3 Å². The maximum absolute atomic E-state index is 13.0. The van der Waals surface area contributed by atoms with Gasteiger partial charge >= 0.3 is 0 Å². The third-order valence-electron chi connectivity index (χ3n) is 4.83. The van der Waals surface area contributed by atoms with Crippen molar-refractivity contribution in [2.75, 3.05) is 32.4 Å². The number of carbonyl (C=O) groups is 1. The van der Waals surface area contributed by atoms with Crippen LogP contribution in [0.4, 0.5) is 0 Å². The first kappa shape index (κ1) is 21.8. The Labute approximate surface area is 161 Å². The zero-order valence-corrected chi connectivity index (χ0v) is 17.5. The summed E-state index contributed by atoms with van der Waals surface area (Å²) in [5.41, 5.74) is 0. The van der Waals surface area contributed by atoms with Gasteiger partial charge in [0.15, 0.2) is 0 Å². The molecule has 0 radical (unpaired) electrons. The van der Waals surface area contributed by atoms with E-state index in [1.807, 2.05) is 13.8 Å². The van der Waals surface area contributed by atoms with E-state index in [0.29, 0.717) is 6.42 Å². The molecule has 1 N–H and O–H groups in total. The van der Waals surface area contributed by atoms with Crippen LogP contribution < -0.4 is 4.72 Å². The molecule has 1 saturated heterocycles. The first-order chi connectivity index (χ1) is 12.6. The van der Waals surface area contributed by atoms with Crippen molar-refractivity contribution < 1.29 is 21.6 Å². The molecule has 1 aliphatic rings. The standard InChI is InChI=1S/C17H27N3O5S2/c1-4-14(2)16(18-27(24,25)15-8-6-5-7-9-15)17(21)19-10-12-20(13-11-19)26(3,22)23/h5-9,14,16,18H,4,10-13H2,1-3H3/t14?,16-/m0/s1. The van der Waals surface area contributed by atoms with Crippen LogP contribution in [0.3, 0.4) is 0 Å². The molecule has 27 heavy (non-hydrogen) atoms. The Morgan fingerprint density at radius 1 is 1.07 bits per heavy atom. The van der Waals surface area contributed by atoms with E-state index in [4.69, 9.17) is 0 Å². The van der Waals surface area contributed by atoms with Gasteiger partial charge in [0.05, 0.1) is 11.2 Å². The second-order valence-corrected chi connectivity index (χ2v) is 10.5. The molecule has 0 saturated carbocycles. The predicted molar refractivity (Wildman–Crippen MR) is 103 cm³/mol. The summed E-state index contributed by atoms with van der Waals surface area (Å²) in [5.74, 6) is -0.527. The molecule has 0 aliphatic carbocycles. The third-order valence-corrected chi connectivity index (χ3v) is 7.59. The lowest BCUT2D eigenvalue weighted by molar-refractivity contribution is -0.135. The van der Waals surface area contributed by atoms with Crippen LogP contribution in [0.25, 0.3) is 0 Å². The molecule has 1 heterocycles. The fourth-order valence-electron chi connectivity index (χ4n) is 2.92. The lowest BCUT2D eigenvalue weighted by Crippen LogP contribution is -2.57. The molecule has 1 fully saturated rings. The molecule has 8 nitrogen and oxygen atoms in total. The van der Waals surface area contributed by atoms with Crippen LogP contribution in [0.5, 0.6) is 0 Å². The molecule has 1 aromatic rings. The SMILES string of the molecule is CCC(C)[C@H](NS(=O)(=O)c1ccccc1)C(=O)N1CCN(S(C)(=O)=O)CC1. The van der Waals surface area contributed by atoms with Gasteiger partial charge in [-0.2, -0.15) is 9.03 Å². The zero-order valence-electron chi connectivity index (χ0n) is 15.8. The van der Waals surface area contributed by atoms with E-state index in [9.17, 15) is 21.6 Å². The number of sulfonamides is 2. The summed E-state index contributed by atoms with van der Waals surface area (Å²) < 4.78 is 52.5. The van der Waals surface area contributed by atoms with Crippen LogP contribution in [-0.4, -0.2) is 70.4 Å². The van der Waals surface area contributed by atoms with Gasteiger partial charge in [0.1, 0.15) is 6.04 Å². The second-order valence-electron chi connectivity index (χ2n) is 6.78. The summed E-state index contributed by atoms with van der Waals surface area (Å²) in [5, 5.41) is 0. The van der Waals surface area contributed by atoms with Crippen molar-refractivity contribution >= 4 is 26.0 Å². The van der Waals surface area contributed by atoms with Crippen molar-refractivity contribution in [1.29, 1.82) is 0 Å². The summed E-state index contributed by atoms with van der Waals surface area (Å²) in [6, 6.07) is 7.02. The molecule has 10 heteroatoms. The van der Waals surface area contributed by atoms with Crippen LogP contribution >= 0.6 is 0 Å². The number of benzene rings is 1. The first-order valence-electron chi connectivity index (χ1n) is 8.87. The van der Waals surface area contributed by atoms with Crippen LogP contribution in [0, 0.1) is 5.92 Å².